The molecule has 0 aliphatic carbocycles. The number of allylic oxidation sites excluding steroid dienone is 2. The molecule has 3 aliphatic heterocycles. The summed E-state index contributed by atoms with van der Waals surface area (Å²) < 4.78 is 11.4. The van der Waals surface area contributed by atoms with Crippen LogP contribution in [0.25, 0.3) is 0 Å². The molecular formula is C25H37NO6. The Hall–Kier alpha value is -2.02. The third-order valence-corrected chi connectivity index (χ3v) is 6.64. The predicted molar refractivity (Wildman–Crippen MR) is 119 cm³/mol. The maximum atomic E-state index is 13.0. The second-order valence-corrected chi connectivity index (χ2v) is 9.18. The highest BCUT2D eigenvalue weighted by Crippen LogP contribution is 2.26. The van der Waals surface area contributed by atoms with Crippen molar-refractivity contribution in [2.24, 2.45) is 0 Å². The molecule has 2 saturated heterocycles. The molecule has 0 N–H and O–H groups in total. The van der Waals surface area contributed by atoms with Gasteiger partial charge in [0.2, 0.25) is 5.78 Å². The van der Waals surface area contributed by atoms with Crippen molar-refractivity contribution < 1.29 is 28.7 Å². The number of fused-ring (bicyclic) bond motifs is 3. The van der Waals surface area contributed by atoms with Crippen molar-refractivity contribution in [1.82, 2.24) is 4.90 Å². The molecular weight excluding hydrogens is 410 g/mol. The van der Waals surface area contributed by atoms with Crippen molar-refractivity contribution in [3.8, 4) is 0 Å². The van der Waals surface area contributed by atoms with Crippen LogP contribution >= 0.6 is 0 Å². The fraction of sp³-hybridized carbons (Fsp3) is 0.760. The number of cyclic esters (lactones) is 1. The summed E-state index contributed by atoms with van der Waals surface area (Å²) in [4.78, 5) is 52.0. The number of carbonyl (C=O) groups excluding carboxylic acids is 4. The number of Topliss-reactive ketones (excluding diaryl/α,β-unsaturated/α-hetero) is 2. The highest BCUT2D eigenvalue weighted by molar-refractivity contribution is 6.38. The van der Waals surface area contributed by atoms with E-state index in [-0.39, 0.29) is 18.5 Å². The third kappa shape index (κ3) is 7.26. The maximum Gasteiger partial charge on any atom is 0.328 e. The van der Waals surface area contributed by atoms with Crippen LogP contribution in [-0.4, -0.2) is 59.7 Å². The van der Waals surface area contributed by atoms with Crippen LogP contribution < -0.4 is 0 Å². The first-order valence-electron chi connectivity index (χ1n) is 12.4. The van der Waals surface area contributed by atoms with Gasteiger partial charge in [0.25, 0.3) is 5.91 Å². The molecule has 1 amide bonds. The molecule has 0 spiro atoms. The van der Waals surface area contributed by atoms with Crippen LogP contribution in [-0.2, 0) is 28.7 Å². The number of ether oxygens (including phenoxy) is 2. The summed E-state index contributed by atoms with van der Waals surface area (Å²) in [5.41, 5.74) is 0. The molecule has 7 heteroatoms. The van der Waals surface area contributed by atoms with Gasteiger partial charge in [0.05, 0.1) is 12.7 Å². The van der Waals surface area contributed by atoms with Crippen LogP contribution in [0.5, 0.6) is 0 Å². The Morgan fingerprint density at radius 1 is 0.812 bits per heavy atom. The van der Waals surface area contributed by atoms with E-state index < -0.39 is 29.8 Å². The van der Waals surface area contributed by atoms with Gasteiger partial charge in [0.1, 0.15) is 17.9 Å². The number of esters is 1. The summed E-state index contributed by atoms with van der Waals surface area (Å²) in [7, 11) is 0. The quantitative estimate of drug-likeness (QED) is 0.320. The molecule has 0 aromatic heterocycles. The van der Waals surface area contributed by atoms with Gasteiger partial charge in [-0.3, -0.25) is 14.4 Å². The van der Waals surface area contributed by atoms with E-state index in [1.807, 2.05) is 6.08 Å². The van der Waals surface area contributed by atoms with E-state index in [9.17, 15) is 19.2 Å². The molecule has 0 radical (unpaired) electrons. The standard InChI is InChI=1S/C25H37NO6/c27-19-11-4-2-1-3-5-13-20-14-10-16-22(32-20)23(28)24(29)26-17-8-6-15-21(26)25(30)31-18-9-7-12-19/h2,4,20-22H,1,3,5-18H2/b4-2-. The van der Waals surface area contributed by atoms with Gasteiger partial charge >= 0.3 is 5.97 Å². The summed E-state index contributed by atoms with van der Waals surface area (Å²) in [6, 6.07) is -0.708. The smallest absolute Gasteiger partial charge is 0.328 e. The first kappa shape index (κ1) is 24.6. The minimum Gasteiger partial charge on any atom is -0.464 e. The van der Waals surface area contributed by atoms with Crippen molar-refractivity contribution in [3.05, 3.63) is 12.2 Å². The van der Waals surface area contributed by atoms with Crippen LogP contribution in [0, 0.1) is 0 Å². The summed E-state index contributed by atoms with van der Waals surface area (Å²) in [6.07, 6.45) is 13.7. The molecule has 0 saturated carbocycles. The predicted octanol–water partition coefficient (Wildman–Crippen LogP) is 3.68. The number of carbonyl (C=O) groups is 4. The van der Waals surface area contributed by atoms with E-state index in [1.165, 1.54) is 4.90 Å². The molecule has 178 valence electrons. The lowest BCUT2D eigenvalue weighted by molar-refractivity contribution is -0.164. The largest absolute Gasteiger partial charge is 0.464 e. The molecule has 2 bridgehead atoms. The number of hydrogen-bond donors (Lipinski definition) is 0. The van der Waals surface area contributed by atoms with Crippen molar-refractivity contribution in [2.45, 2.75) is 108 Å². The van der Waals surface area contributed by atoms with Gasteiger partial charge in [-0.1, -0.05) is 18.6 Å². The van der Waals surface area contributed by atoms with Crippen molar-refractivity contribution in [2.75, 3.05) is 13.2 Å². The Morgan fingerprint density at radius 3 is 2.50 bits per heavy atom. The molecule has 7 nitrogen and oxygen atoms in total. The highest BCUT2D eigenvalue weighted by atomic mass is 16.5. The minimum atomic E-state index is -0.708. The number of amides is 1. The van der Waals surface area contributed by atoms with Crippen molar-refractivity contribution in [3.63, 3.8) is 0 Å². The Labute approximate surface area is 190 Å². The number of rotatable bonds is 0. The van der Waals surface area contributed by atoms with E-state index in [0.717, 1.165) is 51.4 Å². The third-order valence-electron chi connectivity index (χ3n) is 6.64. The summed E-state index contributed by atoms with van der Waals surface area (Å²) in [6.45, 7) is 0.615. The SMILES string of the molecule is O=C1C/C=C\CCCCC2CCCC(O2)C(=O)C(=O)N2CCCCC2C(=O)OCCCC1. The molecule has 3 heterocycles. The molecule has 2 fully saturated rings. The van der Waals surface area contributed by atoms with Gasteiger partial charge in [-0.2, -0.15) is 0 Å². The van der Waals surface area contributed by atoms with Crippen LogP contribution in [0.4, 0.5) is 0 Å². The number of hydrogen-bond acceptors (Lipinski definition) is 6. The first-order chi connectivity index (χ1) is 15.6. The highest BCUT2D eigenvalue weighted by Gasteiger charge is 2.40. The normalized spacial score (nSPS) is 31.2. The fourth-order valence-electron chi connectivity index (χ4n) is 4.77. The lowest BCUT2D eigenvalue weighted by atomic mass is 9.96. The Kier molecular flexibility index (Phi) is 9.90. The zero-order chi connectivity index (χ0) is 22.8. The molecule has 3 unspecified atom stereocenters. The van der Waals surface area contributed by atoms with E-state index in [4.69, 9.17) is 9.47 Å². The van der Waals surface area contributed by atoms with E-state index in [0.29, 0.717) is 45.1 Å². The van der Waals surface area contributed by atoms with Crippen LogP contribution in [0.2, 0.25) is 0 Å². The van der Waals surface area contributed by atoms with E-state index in [2.05, 4.69) is 6.08 Å². The zero-order valence-corrected chi connectivity index (χ0v) is 19.1. The Bertz CT molecular complexity index is 703. The number of piperidine rings is 1. The summed E-state index contributed by atoms with van der Waals surface area (Å²) >= 11 is 0. The van der Waals surface area contributed by atoms with Crippen molar-refractivity contribution >= 4 is 23.4 Å². The van der Waals surface area contributed by atoms with Gasteiger partial charge in [0.15, 0.2) is 0 Å². The second kappa shape index (κ2) is 12.9. The average Bonchev–Trinajstić information content (AvgIpc) is 2.81. The second-order valence-electron chi connectivity index (χ2n) is 9.18. The average molecular weight is 448 g/mol. The number of ketones is 2. The van der Waals surface area contributed by atoms with Gasteiger partial charge in [0, 0.05) is 19.4 Å². The van der Waals surface area contributed by atoms with Crippen LogP contribution in [0.3, 0.4) is 0 Å². The number of nitrogens with zero attached hydrogens (tertiary/aromatic N) is 1. The summed E-state index contributed by atoms with van der Waals surface area (Å²) in [5, 5.41) is 0. The Morgan fingerprint density at radius 2 is 1.62 bits per heavy atom. The topological polar surface area (TPSA) is 90.0 Å². The molecule has 32 heavy (non-hydrogen) atoms. The van der Waals surface area contributed by atoms with Crippen LogP contribution in [0.15, 0.2) is 12.2 Å². The zero-order valence-electron chi connectivity index (χ0n) is 19.1. The minimum absolute atomic E-state index is 0.00714. The fourth-order valence-corrected chi connectivity index (χ4v) is 4.77. The lowest BCUT2D eigenvalue weighted by Crippen LogP contribution is -2.53. The molecule has 3 aliphatic rings. The van der Waals surface area contributed by atoms with Gasteiger partial charge in [-0.25, -0.2) is 4.79 Å². The molecule has 3 rings (SSSR count). The summed E-state index contributed by atoms with van der Waals surface area (Å²) in [5.74, 6) is -1.39. The molecule has 0 aromatic rings. The van der Waals surface area contributed by atoms with E-state index >= 15 is 0 Å². The van der Waals surface area contributed by atoms with Crippen LogP contribution in [0.1, 0.15) is 89.9 Å². The van der Waals surface area contributed by atoms with Gasteiger partial charge in [-0.15, -0.1) is 0 Å². The van der Waals surface area contributed by atoms with Crippen molar-refractivity contribution in [1.29, 1.82) is 0 Å². The monoisotopic (exact) mass is 447 g/mol. The Balaban J connectivity index is 1.66. The molecule has 0 aromatic carbocycles. The van der Waals surface area contributed by atoms with Gasteiger partial charge < -0.3 is 14.4 Å². The molecule has 3 atom stereocenters. The maximum absolute atomic E-state index is 13.0. The van der Waals surface area contributed by atoms with Gasteiger partial charge in [-0.05, 0) is 70.6 Å². The van der Waals surface area contributed by atoms with E-state index in [1.54, 1.807) is 0 Å². The lowest BCUT2D eigenvalue weighted by Gasteiger charge is -2.35. The first-order valence-corrected chi connectivity index (χ1v) is 12.4.